The monoisotopic (exact) mass is 350 g/mol. The van der Waals surface area contributed by atoms with Crippen molar-refractivity contribution in [3.05, 3.63) is 16.6 Å². The van der Waals surface area contributed by atoms with Crippen LogP contribution in [0.15, 0.2) is 6.07 Å². The third-order valence-electron chi connectivity index (χ3n) is 4.76. The topological polar surface area (TPSA) is 76.0 Å². The summed E-state index contributed by atoms with van der Waals surface area (Å²) in [7, 11) is 1.80. The van der Waals surface area contributed by atoms with E-state index >= 15 is 0 Å². The fraction of sp³-hybridized carbons (Fsp3) is 0.562. The number of thiophene rings is 1. The Morgan fingerprint density at radius 1 is 1.46 bits per heavy atom. The van der Waals surface area contributed by atoms with Crippen LogP contribution in [-0.2, 0) is 18.4 Å². The summed E-state index contributed by atoms with van der Waals surface area (Å²) >= 11 is 1.38. The van der Waals surface area contributed by atoms with Crippen molar-refractivity contribution < 1.29 is 14.0 Å². The van der Waals surface area contributed by atoms with Gasteiger partial charge in [-0.3, -0.25) is 14.3 Å². The largest absolute Gasteiger partial charge is 0.349 e. The average molecular weight is 350 g/mol. The van der Waals surface area contributed by atoms with Crippen molar-refractivity contribution in [2.24, 2.45) is 7.05 Å². The van der Waals surface area contributed by atoms with Gasteiger partial charge in [0.1, 0.15) is 4.83 Å². The highest BCUT2D eigenvalue weighted by Gasteiger charge is 2.50. The average Bonchev–Trinajstić information content (AvgIpc) is 3.00. The zero-order valence-corrected chi connectivity index (χ0v) is 14.2. The number of carbonyl (C=O) groups is 2. The Labute approximate surface area is 142 Å². The summed E-state index contributed by atoms with van der Waals surface area (Å²) in [6.07, 6.45) is 3.84. The maximum absolute atomic E-state index is 13.7. The molecule has 2 aliphatic carbocycles. The molecule has 0 spiro atoms. The first-order chi connectivity index (χ1) is 11.5. The van der Waals surface area contributed by atoms with E-state index in [2.05, 4.69) is 15.7 Å². The van der Waals surface area contributed by atoms with E-state index in [0.29, 0.717) is 29.5 Å². The van der Waals surface area contributed by atoms with Crippen LogP contribution >= 0.6 is 11.3 Å². The molecule has 128 valence electrons. The van der Waals surface area contributed by atoms with Crippen LogP contribution in [-0.4, -0.2) is 33.3 Å². The first kappa shape index (κ1) is 15.6. The van der Waals surface area contributed by atoms with Crippen LogP contribution in [0.2, 0.25) is 0 Å². The van der Waals surface area contributed by atoms with Gasteiger partial charge in [0.05, 0.1) is 17.1 Å². The minimum atomic E-state index is -1.68. The fourth-order valence-electron chi connectivity index (χ4n) is 2.82. The molecule has 2 aromatic rings. The number of alkyl halides is 1. The number of carbonyl (C=O) groups excluding carboxylic acids is 2. The van der Waals surface area contributed by atoms with Crippen molar-refractivity contribution in [2.45, 2.75) is 50.4 Å². The van der Waals surface area contributed by atoms with Gasteiger partial charge in [-0.25, -0.2) is 4.39 Å². The molecule has 2 N–H and O–H groups in total. The Balaban J connectivity index is 1.51. The van der Waals surface area contributed by atoms with Gasteiger partial charge in [-0.2, -0.15) is 5.10 Å². The molecule has 8 heteroatoms. The molecule has 2 fully saturated rings. The number of hydrogen-bond donors (Lipinski definition) is 2. The molecule has 0 saturated heterocycles. The van der Waals surface area contributed by atoms with Gasteiger partial charge in [0.25, 0.3) is 11.8 Å². The summed E-state index contributed by atoms with van der Waals surface area (Å²) in [6, 6.07) is 2.10. The minimum Gasteiger partial charge on any atom is -0.349 e. The van der Waals surface area contributed by atoms with Gasteiger partial charge in [-0.1, -0.05) is 0 Å². The molecule has 2 aromatic heterocycles. The van der Waals surface area contributed by atoms with Crippen molar-refractivity contribution in [2.75, 3.05) is 0 Å². The van der Waals surface area contributed by atoms with E-state index in [1.807, 2.05) is 6.07 Å². The van der Waals surface area contributed by atoms with Crippen molar-refractivity contribution in [1.82, 2.24) is 20.4 Å². The van der Waals surface area contributed by atoms with Crippen LogP contribution in [0.1, 0.15) is 47.5 Å². The lowest BCUT2D eigenvalue weighted by Gasteiger charge is -2.25. The summed E-state index contributed by atoms with van der Waals surface area (Å²) in [5.74, 6) is -0.629. The van der Waals surface area contributed by atoms with Gasteiger partial charge in [0.2, 0.25) is 0 Å². The smallest absolute Gasteiger partial charge is 0.261 e. The van der Waals surface area contributed by atoms with Crippen LogP contribution in [0.4, 0.5) is 4.39 Å². The number of nitrogens with one attached hydrogen (secondary N) is 2. The number of hydrogen-bond acceptors (Lipinski definition) is 4. The Kier molecular flexibility index (Phi) is 3.59. The van der Waals surface area contributed by atoms with Crippen LogP contribution < -0.4 is 10.6 Å². The second-order valence-electron chi connectivity index (χ2n) is 6.65. The molecule has 0 atom stereocenters. The van der Waals surface area contributed by atoms with Crippen molar-refractivity contribution in [3.8, 4) is 0 Å². The zero-order valence-electron chi connectivity index (χ0n) is 13.4. The van der Waals surface area contributed by atoms with Crippen molar-refractivity contribution in [1.29, 1.82) is 0 Å². The molecular weight excluding hydrogens is 331 g/mol. The highest BCUT2D eigenvalue weighted by molar-refractivity contribution is 7.20. The number of fused-ring (bicyclic) bond motifs is 1. The quantitative estimate of drug-likeness (QED) is 0.866. The number of amides is 2. The second-order valence-corrected chi connectivity index (χ2v) is 7.68. The van der Waals surface area contributed by atoms with Crippen LogP contribution in [0, 0.1) is 0 Å². The first-order valence-electron chi connectivity index (χ1n) is 8.20. The molecule has 0 unspecified atom stereocenters. The Morgan fingerprint density at radius 3 is 2.83 bits per heavy atom. The highest BCUT2D eigenvalue weighted by Crippen LogP contribution is 2.40. The van der Waals surface area contributed by atoms with Crippen LogP contribution in [0.25, 0.3) is 10.2 Å². The Bertz CT molecular complexity index is 820. The van der Waals surface area contributed by atoms with Crippen molar-refractivity contribution in [3.63, 3.8) is 0 Å². The van der Waals surface area contributed by atoms with E-state index in [1.54, 1.807) is 11.7 Å². The maximum Gasteiger partial charge on any atom is 0.261 e. The van der Waals surface area contributed by atoms with E-state index < -0.39 is 11.6 Å². The number of aryl methyl sites for hydroxylation is 1. The predicted octanol–water partition coefficient (Wildman–Crippen LogP) is 2.04. The SMILES string of the molecule is Cn1nc(CNC(=O)C2(F)CC2)c2cc(C(=O)NC3CCC3)sc21. The van der Waals surface area contributed by atoms with Crippen molar-refractivity contribution >= 4 is 33.4 Å². The number of rotatable bonds is 5. The van der Waals surface area contributed by atoms with Gasteiger partial charge < -0.3 is 10.6 Å². The molecule has 2 aliphatic rings. The summed E-state index contributed by atoms with van der Waals surface area (Å²) in [4.78, 5) is 25.5. The second kappa shape index (κ2) is 5.54. The molecular formula is C16H19FN4O2S. The number of halogens is 1. The highest BCUT2D eigenvalue weighted by atomic mass is 32.1. The predicted molar refractivity (Wildman–Crippen MR) is 88.6 cm³/mol. The first-order valence-corrected chi connectivity index (χ1v) is 9.01. The number of nitrogens with zero attached hydrogens (tertiary/aromatic N) is 2. The van der Waals surface area contributed by atoms with Gasteiger partial charge in [-0.05, 0) is 38.2 Å². The van der Waals surface area contributed by atoms with Gasteiger partial charge >= 0.3 is 0 Å². The van der Waals surface area contributed by atoms with Gasteiger partial charge in [0, 0.05) is 18.5 Å². The van der Waals surface area contributed by atoms with Gasteiger partial charge in [-0.15, -0.1) is 11.3 Å². The van der Waals surface area contributed by atoms with Crippen LogP contribution in [0.3, 0.4) is 0 Å². The van der Waals surface area contributed by atoms with Gasteiger partial charge in [0.15, 0.2) is 5.67 Å². The molecule has 0 radical (unpaired) electrons. The normalized spacial score (nSPS) is 19.1. The maximum atomic E-state index is 13.7. The lowest BCUT2D eigenvalue weighted by molar-refractivity contribution is -0.127. The summed E-state index contributed by atoms with van der Waals surface area (Å²) in [5, 5.41) is 10.8. The lowest BCUT2D eigenvalue weighted by atomic mass is 9.93. The third-order valence-corrected chi connectivity index (χ3v) is 5.97. The molecule has 0 aromatic carbocycles. The molecule has 0 bridgehead atoms. The Morgan fingerprint density at radius 2 is 2.21 bits per heavy atom. The molecule has 6 nitrogen and oxygen atoms in total. The molecule has 2 heterocycles. The number of aromatic nitrogens is 2. The third kappa shape index (κ3) is 2.68. The van der Waals surface area contributed by atoms with E-state index in [4.69, 9.17) is 0 Å². The molecule has 2 saturated carbocycles. The summed E-state index contributed by atoms with van der Waals surface area (Å²) in [5.41, 5.74) is -1.03. The molecule has 2 amide bonds. The van der Waals surface area contributed by atoms with E-state index in [1.165, 1.54) is 17.8 Å². The minimum absolute atomic E-state index is 0.0587. The zero-order chi connectivity index (χ0) is 16.9. The molecule has 0 aliphatic heterocycles. The van der Waals surface area contributed by atoms with Crippen LogP contribution in [0.5, 0.6) is 0 Å². The Hall–Kier alpha value is -1.96. The van der Waals surface area contributed by atoms with E-state index in [0.717, 1.165) is 23.1 Å². The summed E-state index contributed by atoms with van der Waals surface area (Å²) < 4.78 is 15.4. The lowest BCUT2D eigenvalue weighted by Crippen LogP contribution is -2.39. The standard InChI is InChI=1S/C16H19FN4O2S/c1-21-14-10(7-12(24-14)13(22)19-9-3-2-4-9)11(20-21)8-18-15(23)16(17)5-6-16/h7,9H,2-6,8H2,1H3,(H,18,23)(H,19,22). The van der Waals surface area contributed by atoms with E-state index in [9.17, 15) is 14.0 Å². The van der Waals surface area contributed by atoms with E-state index in [-0.39, 0.29) is 12.5 Å². The fourth-order valence-corrected chi connectivity index (χ4v) is 3.82. The summed E-state index contributed by atoms with van der Waals surface area (Å²) in [6.45, 7) is 0.169. The molecule has 4 rings (SSSR count). The molecule has 24 heavy (non-hydrogen) atoms.